The molecular formula is C17H14F3NO2. The lowest BCUT2D eigenvalue weighted by Crippen LogP contribution is -2.08. The predicted molar refractivity (Wildman–Crippen MR) is 78.9 cm³/mol. The number of aryl methyl sites for hydroxylation is 1. The van der Waals surface area contributed by atoms with E-state index in [2.05, 4.69) is 0 Å². The first-order chi connectivity index (χ1) is 10.8. The molecule has 2 aromatic carbocycles. The molecule has 23 heavy (non-hydrogen) atoms. The highest BCUT2D eigenvalue weighted by Gasteiger charge is 2.33. The predicted octanol–water partition coefficient (Wildman–Crippen LogP) is 4.05. The summed E-state index contributed by atoms with van der Waals surface area (Å²) >= 11 is 0. The van der Waals surface area contributed by atoms with Crippen LogP contribution in [0.4, 0.5) is 18.9 Å². The number of nitrogen functional groups attached to an aromatic ring is 1. The number of carbonyl (C=O) groups excluding carboxylic acids is 1. The standard InChI is InChI=1S/C17H14F3NO2/c1-9-6-11(17(18,19)20)3-2-10(9)7-15-13-5-4-12(21)8-14(13)16(22)23-15/h2-6,8,15H,7,21H2,1H3. The molecule has 1 aliphatic heterocycles. The zero-order valence-corrected chi connectivity index (χ0v) is 12.3. The summed E-state index contributed by atoms with van der Waals surface area (Å²) < 4.78 is 43.5. The molecule has 6 heteroatoms. The van der Waals surface area contributed by atoms with Gasteiger partial charge in [0.15, 0.2) is 0 Å². The Hall–Kier alpha value is -2.50. The molecule has 0 radical (unpaired) electrons. The fourth-order valence-corrected chi connectivity index (χ4v) is 2.74. The molecule has 1 aliphatic rings. The van der Waals surface area contributed by atoms with Gasteiger partial charge < -0.3 is 10.5 Å². The molecule has 0 amide bonds. The third kappa shape index (κ3) is 2.88. The van der Waals surface area contributed by atoms with Gasteiger partial charge in [0.2, 0.25) is 0 Å². The Balaban J connectivity index is 1.88. The molecular weight excluding hydrogens is 307 g/mol. The summed E-state index contributed by atoms with van der Waals surface area (Å²) in [7, 11) is 0. The molecule has 3 rings (SSSR count). The van der Waals surface area contributed by atoms with Crippen LogP contribution in [0.25, 0.3) is 0 Å². The Morgan fingerprint density at radius 2 is 1.91 bits per heavy atom. The Morgan fingerprint density at radius 3 is 2.57 bits per heavy atom. The molecule has 120 valence electrons. The van der Waals surface area contributed by atoms with Crippen LogP contribution in [0.1, 0.15) is 38.7 Å². The molecule has 1 atom stereocenters. The molecule has 0 bridgehead atoms. The van der Waals surface area contributed by atoms with Crippen LogP contribution in [0.15, 0.2) is 36.4 Å². The van der Waals surface area contributed by atoms with Crippen LogP contribution in [0.3, 0.4) is 0 Å². The highest BCUT2D eigenvalue weighted by atomic mass is 19.4. The number of alkyl halides is 3. The average Bonchev–Trinajstić information content (AvgIpc) is 2.76. The number of esters is 1. The van der Waals surface area contributed by atoms with Crippen molar-refractivity contribution in [3.05, 3.63) is 64.2 Å². The van der Waals surface area contributed by atoms with E-state index < -0.39 is 23.8 Å². The second kappa shape index (κ2) is 5.30. The number of fused-ring (bicyclic) bond motifs is 1. The Kier molecular flexibility index (Phi) is 3.55. The van der Waals surface area contributed by atoms with E-state index in [9.17, 15) is 18.0 Å². The highest BCUT2D eigenvalue weighted by molar-refractivity contribution is 5.95. The van der Waals surface area contributed by atoms with Crippen molar-refractivity contribution in [1.29, 1.82) is 0 Å². The monoisotopic (exact) mass is 321 g/mol. The summed E-state index contributed by atoms with van der Waals surface area (Å²) in [6.45, 7) is 1.62. The topological polar surface area (TPSA) is 52.3 Å². The van der Waals surface area contributed by atoms with Crippen LogP contribution >= 0.6 is 0 Å². The molecule has 1 heterocycles. The third-order valence-corrected chi connectivity index (χ3v) is 3.97. The number of rotatable bonds is 2. The van der Waals surface area contributed by atoms with Crippen molar-refractivity contribution in [2.75, 3.05) is 5.73 Å². The maximum Gasteiger partial charge on any atom is 0.416 e. The van der Waals surface area contributed by atoms with Gasteiger partial charge in [0.05, 0.1) is 11.1 Å². The van der Waals surface area contributed by atoms with Crippen LogP contribution in [0.5, 0.6) is 0 Å². The van der Waals surface area contributed by atoms with Gasteiger partial charge in [-0.3, -0.25) is 0 Å². The number of carbonyl (C=O) groups is 1. The SMILES string of the molecule is Cc1cc(C(F)(F)F)ccc1CC1OC(=O)c2cc(N)ccc21. The molecule has 2 N–H and O–H groups in total. The minimum atomic E-state index is -4.37. The minimum Gasteiger partial charge on any atom is -0.454 e. The average molecular weight is 321 g/mol. The number of halogens is 3. The lowest BCUT2D eigenvalue weighted by Gasteiger charge is -2.15. The summed E-state index contributed by atoms with van der Waals surface area (Å²) in [6.07, 6.45) is -4.55. The molecule has 0 spiro atoms. The zero-order chi connectivity index (χ0) is 16.8. The summed E-state index contributed by atoms with van der Waals surface area (Å²) in [5.74, 6) is -0.457. The fourth-order valence-electron chi connectivity index (χ4n) is 2.74. The van der Waals surface area contributed by atoms with Crippen LogP contribution in [-0.2, 0) is 17.3 Å². The Bertz CT molecular complexity index is 784. The van der Waals surface area contributed by atoms with Crippen molar-refractivity contribution in [2.45, 2.75) is 25.6 Å². The summed E-state index contributed by atoms with van der Waals surface area (Å²) in [5.41, 5.74) is 7.79. The summed E-state index contributed by atoms with van der Waals surface area (Å²) in [4.78, 5) is 11.9. The van der Waals surface area contributed by atoms with Crippen LogP contribution < -0.4 is 5.73 Å². The minimum absolute atomic E-state index is 0.326. The number of hydrogen-bond donors (Lipinski definition) is 1. The Labute approximate surface area is 130 Å². The maximum atomic E-state index is 12.7. The molecule has 0 aromatic heterocycles. The lowest BCUT2D eigenvalue weighted by atomic mass is 9.95. The van der Waals surface area contributed by atoms with Crippen molar-refractivity contribution in [3.8, 4) is 0 Å². The number of benzene rings is 2. The van der Waals surface area contributed by atoms with Gasteiger partial charge >= 0.3 is 12.1 Å². The van der Waals surface area contributed by atoms with Crippen LogP contribution in [0.2, 0.25) is 0 Å². The van der Waals surface area contributed by atoms with E-state index in [1.54, 1.807) is 25.1 Å². The smallest absolute Gasteiger partial charge is 0.416 e. The Morgan fingerprint density at radius 1 is 1.17 bits per heavy atom. The van der Waals surface area contributed by atoms with Crippen molar-refractivity contribution in [2.24, 2.45) is 0 Å². The van der Waals surface area contributed by atoms with E-state index in [4.69, 9.17) is 10.5 Å². The summed E-state index contributed by atoms with van der Waals surface area (Å²) in [6, 6.07) is 8.53. The lowest BCUT2D eigenvalue weighted by molar-refractivity contribution is -0.137. The van der Waals surface area contributed by atoms with Crippen LogP contribution in [-0.4, -0.2) is 5.97 Å². The fraction of sp³-hybridized carbons (Fsp3) is 0.235. The molecule has 1 unspecified atom stereocenters. The van der Waals surface area contributed by atoms with Gasteiger partial charge in [-0.2, -0.15) is 13.2 Å². The molecule has 2 aromatic rings. The number of nitrogens with two attached hydrogens (primary N) is 1. The first-order valence-corrected chi connectivity index (χ1v) is 7.03. The van der Waals surface area contributed by atoms with Crippen molar-refractivity contribution >= 4 is 11.7 Å². The van der Waals surface area contributed by atoms with Crippen LogP contribution in [0, 0.1) is 6.92 Å². The third-order valence-electron chi connectivity index (χ3n) is 3.97. The van der Waals surface area contributed by atoms with E-state index in [-0.39, 0.29) is 0 Å². The normalized spacial score (nSPS) is 17.0. The van der Waals surface area contributed by atoms with Gasteiger partial charge in [-0.1, -0.05) is 12.1 Å². The number of ether oxygens (including phenoxy) is 1. The quantitative estimate of drug-likeness (QED) is 0.670. The van der Waals surface area contributed by atoms with Crippen molar-refractivity contribution in [1.82, 2.24) is 0 Å². The van der Waals surface area contributed by atoms with Gasteiger partial charge in [-0.05, 0) is 42.3 Å². The molecule has 0 aliphatic carbocycles. The van der Waals surface area contributed by atoms with Crippen molar-refractivity contribution in [3.63, 3.8) is 0 Å². The first kappa shape index (κ1) is 15.4. The number of anilines is 1. The van der Waals surface area contributed by atoms with E-state index in [1.807, 2.05) is 0 Å². The highest BCUT2D eigenvalue weighted by Crippen LogP contribution is 2.36. The molecule has 0 saturated carbocycles. The van der Waals surface area contributed by atoms with Gasteiger partial charge in [0, 0.05) is 17.7 Å². The first-order valence-electron chi connectivity index (χ1n) is 7.03. The van der Waals surface area contributed by atoms with E-state index in [0.717, 1.165) is 12.1 Å². The van der Waals surface area contributed by atoms with E-state index in [0.29, 0.717) is 34.4 Å². The van der Waals surface area contributed by atoms with E-state index >= 15 is 0 Å². The van der Waals surface area contributed by atoms with Crippen molar-refractivity contribution < 1.29 is 22.7 Å². The second-order valence-electron chi connectivity index (χ2n) is 5.58. The largest absolute Gasteiger partial charge is 0.454 e. The van der Waals surface area contributed by atoms with Gasteiger partial charge in [-0.25, -0.2) is 4.79 Å². The number of cyclic esters (lactones) is 1. The molecule has 0 saturated heterocycles. The second-order valence-corrected chi connectivity index (χ2v) is 5.58. The number of hydrogen-bond acceptors (Lipinski definition) is 3. The van der Waals surface area contributed by atoms with Gasteiger partial charge in [-0.15, -0.1) is 0 Å². The molecule has 3 nitrogen and oxygen atoms in total. The molecule has 0 fully saturated rings. The summed E-state index contributed by atoms with van der Waals surface area (Å²) in [5, 5.41) is 0. The van der Waals surface area contributed by atoms with Gasteiger partial charge in [0.25, 0.3) is 0 Å². The zero-order valence-electron chi connectivity index (χ0n) is 12.3. The maximum absolute atomic E-state index is 12.7. The van der Waals surface area contributed by atoms with Gasteiger partial charge in [0.1, 0.15) is 6.10 Å². The van der Waals surface area contributed by atoms with E-state index in [1.165, 1.54) is 6.07 Å².